The van der Waals surface area contributed by atoms with Crippen LogP contribution in [0.3, 0.4) is 0 Å². The van der Waals surface area contributed by atoms with Crippen LogP contribution in [0.1, 0.15) is 18.4 Å². The van der Waals surface area contributed by atoms with Gasteiger partial charge >= 0.3 is 5.82 Å². The number of aliphatic imine (C=N–C) groups is 1. The number of hydrogen-bond donors (Lipinski definition) is 0. The molecule has 1 aromatic heterocycles. The van der Waals surface area contributed by atoms with Gasteiger partial charge in [0, 0.05) is 38.2 Å². The van der Waals surface area contributed by atoms with Crippen LogP contribution >= 0.6 is 0 Å². The van der Waals surface area contributed by atoms with Crippen molar-refractivity contribution in [2.75, 3.05) is 13.6 Å². The van der Waals surface area contributed by atoms with Crippen molar-refractivity contribution in [1.29, 1.82) is 0 Å². The molecule has 1 aliphatic heterocycles. The number of amidine groups is 1. The Kier molecular flexibility index (Phi) is 6.03. The number of nitrogens with zero attached hydrogens (tertiary/aromatic N) is 4. The number of nitro groups is 1. The zero-order chi connectivity index (χ0) is 16.2. The monoisotopic (exact) mass is 390 g/mol. The van der Waals surface area contributed by atoms with Crippen LogP contribution in [-0.2, 0) is 6.54 Å². The largest absolute Gasteiger partial charge is 1.00 e. The van der Waals surface area contributed by atoms with Crippen molar-refractivity contribution >= 4 is 17.3 Å². The maximum atomic E-state index is 10.7. The van der Waals surface area contributed by atoms with Crippen LogP contribution in [0.5, 0.6) is 0 Å². The van der Waals surface area contributed by atoms with Crippen LogP contribution in [0.2, 0.25) is 0 Å². The van der Waals surface area contributed by atoms with Crippen LogP contribution in [-0.4, -0.2) is 29.3 Å². The Balaban J connectivity index is 0.00000208. The molecule has 0 saturated carbocycles. The highest BCUT2D eigenvalue weighted by Crippen LogP contribution is 2.15. The molecule has 0 aliphatic carbocycles. The molecular formula is C17H19BrN4O2. The molecule has 24 heavy (non-hydrogen) atoms. The van der Waals surface area contributed by atoms with E-state index < -0.39 is 0 Å². The number of benzene rings is 1. The molecule has 6 nitrogen and oxygen atoms in total. The average molecular weight is 391 g/mol. The fourth-order valence-electron chi connectivity index (χ4n) is 2.69. The summed E-state index contributed by atoms with van der Waals surface area (Å²) in [5.74, 6) is 2.00. The quantitative estimate of drug-likeness (QED) is 0.408. The smallest absolute Gasteiger partial charge is 0.325 e. The highest BCUT2D eigenvalue weighted by atomic mass is 79.9. The van der Waals surface area contributed by atoms with Crippen LogP contribution in [0, 0.1) is 10.1 Å². The summed E-state index contributed by atoms with van der Waals surface area (Å²) in [5.41, 5.74) is 1.12. The minimum atomic E-state index is -0.382. The normalized spacial score (nSPS) is 15.4. The highest BCUT2D eigenvalue weighted by molar-refractivity contribution is 5.85. The third kappa shape index (κ3) is 4.17. The summed E-state index contributed by atoms with van der Waals surface area (Å²) in [6.45, 7) is 1.68. The maximum Gasteiger partial charge on any atom is 0.325 e. The Morgan fingerprint density at radius 1 is 1.25 bits per heavy atom. The van der Waals surface area contributed by atoms with Gasteiger partial charge in [-0.15, -0.1) is 0 Å². The van der Waals surface area contributed by atoms with E-state index in [0.29, 0.717) is 6.54 Å². The van der Waals surface area contributed by atoms with E-state index >= 15 is 0 Å². The van der Waals surface area contributed by atoms with E-state index in [1.165, 1.54) is 12.1 Å². The molecule has 0 bridgehead atoms. The predicted molar refractivity (Wildman–Crippen MR) is 87.8 cm³/mol. The molecule has 1 aromatic carbocycles. The number of non-ortho nitro benzene ring substituents is 1. The lowest BCUT2D eigenvalue weighted by Gasteiger charge is -2.07. The molecule has 1 saturated heterocycles. The first-order valence-corrected chi connectivity index (χ1v) is 7.64. The van der Waals surface area contributed by atoms with Crippen molar-refractivity contribution < 1.29 is 26.5 Å². The summed E-state index contributed by atoms with van der Waals surface area (Å²) in [6.07, 6.45) is 4.13. The molecule has 1 aliphatic rings. The molecular weight excluding hydrogens is 372 g/mol. The van der Waals surface area contributed by atoms with Crippen LogP contribution in [0.25, 0.3) is 0 Å². The molecule has 7 heteroatoms. The first-order valence-electron chi connectivity index (χ1n) is 7.64. The summed E-state index contributed by atoms with van der Waals surface area (Å²) in [7, 11) is 2.06. The third-order valence-corrected chi connectivity index (χ3v) is 3.99. The van der Waals surface area contributed by atoms with Crippen molar-refractivity contribution in [3.63, 3.8) is 0 Å². The molecule has 126 valence electrons. The van der Waals surface area contributed by atoms with Crippen molar-refractivity contribution in [3.05, 3.63) is 64.3 Å². The van der Waals surface area contributed by atoms with Crippen molar-refractivity contribution in [2.45, 2.75) is 19.4 Å². The molecule has 2 heterocycles. The number of nitro benzene ring substituents is 1. The van der Waals surface area contributed by atoms with Crippen LogP contribution < -0.4 is 21.5 Å². The van der Waals surface area contributed by atoms with Crippen LogP contribution in [0.4, 0.5) is 11.5 Å². The Hall–Kier alpha value is -2.28. The van der Waals surface area contributed by atoms with Gasteiger partial charge in [0.1, 0.15) is 6.54 Å². The van der Waals surface area contributed by atoms with Gasteiger partial charge in [0.25, 0.3) is 5.69 Å². The average Bonchev–Trinajstić information content (AvgIpc) is 2.95. The third-order valence-electron chi connectivity index (χ3n) is 3.99. The second-order valence-corrected chi connectivity index (χ2v) is 5.66. The van der Waals surface area contributed by atoms with E-state index in [2.05, 4.69) is 16.5 Å². The number of likely N-dealkylation sites (tertiary alicyclic amines) is 1. The molecule has 0 radical (unpaired) electrons. The lowest BCUT2D eigenvalue weighted by atomic mass is 10.2. The molecule has 0 amide bonds. The number of hydrogen-bond acceptors (Lipinski definition) is 3. The minimum absolute atomic E-state index is 0. The Labute approximate surface area is 151 Å². The fourth-order valence-corrected chi connectivity index (χ4v) is 2.69. The van der Waals surface area contributed by atoms with Gasteiger partial charge in [0.2, 0.25) is 5.84 Å². The van der Waals surface area contributed by atoms with E-state index in [1.807, 2.05) is 24.4 Å². The van der Waals surface area contributed by atoms with Gasteiger partial charge in [-0.3, -0.25) is 10.1 Å². The summed E-state index contributed by atoms with van der Waals surface area (Å²) < 4.78 is 2.06. The van der Waals surface area contributed by atoms with Gasteiger partial charge in [0.15, 0.2) is 0 Å². The summed E-state index contributed by atoms with van der Waals surface area (Å²) in [6, 6.07) is 12.6. The summed E-state index contributed by atoms with van der Waals surface area (Å²) >= 11 is 0. The second kappa shape index (κ2) is 8.01. The maximum absolute atomic E-state index is 10.7. The molecule has 2 aromatic rings. The first-order chi connectivity index (χ1) is 11.1. The molecule has 0 unspecified atom stereocenters. The Morgan fingerprint density at radius 3 is 2.62 bits per heavy atom. The van der Waals surface area contributed by atoms with Crippen molar-refractivity contribution in [2.24, 2.45) is 4.99 Å². The zero-order valence-electron chi connectivity index (χ0n) is 13.4. The van der Waals surface area contributed by atoms with Gasteiger partial charge in [-0.05, 0) is 35.2 Å². The number of pyridine rings is 1. The summed E-state index contributed by atoms with van der Waals surface area (Å²) in [4.78, 5) is 17.3. The lowest BCUT2D eigenvalue weighted by Crippen LogP contribution is -3.00. The number of halogens is 1. The molecule has 0 spiro atoms. The Bertz CT molecular complexity index is 747. The van der Waals surface area contributed by atoms with E-state index in [1.54, 1.807) is 12.1 Å². The van der Waals surface area contributed by atoms with E-state index in [-0.39, 0.29) is 27.6 Å². The fraction of sp³-hybridized carbons (Fsp3) is 0.294. The first kappa shape index (κ1) is 18.1. The number of aromatic nitrogens is 1. The van der Waals surface area contributed by atoms with Crippen LogP contribution in [0.15, 0.2) is 53.7 Å². The summed E-state index contributed by atoms with van der Waals surface area (Å²) in [5, 5.41) is 10.7. The zero-order valence-corrected chi connectivity index (χ0v) is 15.0. The minimum Gasteiger partial charge on any atom is -1.00 e. The van der Waals surface area contributed by atoms with Gasteiger partial charge in [-0.2, -0.15) is 0 Å². The molecule has 0 atom stereocenters. The van der Waals surface area contributed by atoms with Gasteiger partial charge in [-0.25, -0.2) is 4.57 Å². The van der Waals surface area contributed by atoms with Gasteiger partial charge in [-0.1, -0.05) is 6.07 Å². The van der Waals surface area contributed by atoms with E-state index in [4.69, 9.17) is 4.99 Å². The number of rotatable bonds is 4. The predicted octanol–water partition coefficient (Wildman–Crippen LogP) is -0.310. The standard InChI is InChI=1S/C17H19N4O2.BrH/c1-19-11-4-6-16(19)18-17-5-2-3-12-20(17)13-14-7-9-15(10-8-14)21(22)23;/h2-3,5,7-10,12H,4,6,11,13H2,1H3;1H/q+1;/p-1. The lowest BCUT2D eigenvalue weighted by molar-refractivity contribution is -0.675. The Morgan fingerprint density at radius 2 is 2.00 bits per heavy atom. The molecule has 0 N–H and O–H groups in total. The van der Waals surface area contributed by atoms with Crippen molar-refractivity contribution in [1.82, 2.24) is 4.90 Å². The van der Waals surface area contributed by atoms with E-state index in [9.17, 15) is 10.1 Å². The highest BCUT2D eigenvalue weighted by Gasteiger charge is 2.21. The van der Waals surface area contributed by atoms with Gasteiger partial charge < -0.3 is 21.9 Å². The van der Waals surface area contributed by atoms with E-state index in [0.717, 1.165) is 36.6 Å². The SMILES string of the molecule is CN1CCC/C1=N\c1cccc[n+]1Cc1ccc([N+](=O)[O-])cc1.[Br-]. The van der Waals surface area contributed by atoms with Crippen molar-refractivity contribution in [3.8, 4) is 0 Å². The second-order valence-electron chi connectivity index (χ2n) is 5.66. The molecule has 3 rings (SSSR count). The topological polar surface area (TPSA) is 62.6 Å². The molecule has 1 fully saturated rings. The van der Waals surface area contributed by atoms with Gasteiger partial charge in [0.05, 0.1) is 11.1 Å².